The molecule has 1 aliphatic rings. The summed E-state index contributed by atoms with van der Waals surface area (Å²) in [6.45, 7) is 4.49. The SMILES string of the molecule is CCC(C)c1ccc(N2C=c3ccccc3=NC2c2ccc(Br)nc2)cc1. The van der Waals surface area contributed by atoms with E-state index in [4.69, 9.17) is 4.99 Å². The van der Waals surface area contributed by atoms with Gasteiger partial charge in [0.05, 0.1) is 5.36 Å². The molecule has 3 nitrogen and oxygen atoms in total. The van der Waals surface area contributed by atoms with Crippen LogP contribution in [-0.2, 0) is 0 Å². The first-order valence-corrected chi connectivity index (χ1v) is 10.1. The van der Waals surface area contributed by atoms with Gasteiger partial charge in [-0.05, 0) is 58.1 Å². The molecule has 4 rings (SSSR count). The largest absolute Gasteiger partial charge is 0.321 e. The van der Waals surface area contributed by atoms with Gasteiger partial charge in [0.25, 0.3) is 0 Å². The molecule has 2 aromatic carbocycles. The van der Waals surface area contributed by atoms with Gasteiger partial charge in [-0.2, -0.15) is 0 Å². The van der Waals surface area contributed by atoms with Crippen LogP contribution < -0.4 is 15.5 Å². The fraction of sp³-hybridized carbons (Fsp3) is 0.217. The zero-order valence-corrected chi connectivity index (χ0v) is 17.1. The summed E-state index contributed by atoms with van der Waals surface area (Å²) in [4.78, 5) is 11.6. The molecule has 2 heterocycles. The van der Waals surface area contributed by atoms with Crippen molar-refractivity contribution in [1.29, 1.82) is 0 Å². The van der Waals surface area contributed by atoms with Gasteiger partial charge < -0.3 is 4.90 Å². The number of anilines is 1. The lowest BCUT2D eigenvalue weighted by Gasteiger charge is -2.30. The van der Waals surface area contributed by atoms with Crippen molar-refractivity contribution < 1.29 is 0 Å². The summed E-state index contributed by atoms with van der Waals surface area (Å²) in [6, 6.07) is 21.2. The highest BCUT2D eigenvalue weighted by Crippen LogP contribution is 2.31. The maximum atomic E-state index is 5.02. The Hall–Kier alpha value is -2.46. The number of nitrogens with zero attached hydrogens (tertiary/aromatic N) is 3. The molecule has 0 radical (unpaired) electrons. The second-order valence-corrected chi connectivity index (χ2v) is 7.73. The molecule has 0 fully saturated rings. The summed E-state index contributed by atoms with van der Waals surface area (Å²) in [5, 5.41) is 2.14. The van der Waals surface area contributed by atoms with Crippen LogP contribution in [0, 0.1) is 0 Å². The van der Waals surface area contributed by atoms with E-state index in [1.807, 2.05) is 18.3 Å². The molecule has 0 N–H and O–H groups in total. The highest BCUT2D eigenvalue weighted by Gasteiger charge is 2.21. The average molecular weight is 420 g/mol. The topological polar surface area (TPSA) is 28.5 Å². The molecular weight excluding hydrogens is 398 g/mol. The summed E-state index contributed by atoms with van der Waals surface area (Å²) in [6.07, 6.45) is 5.09. The lowest BCUT2D eigenvalue weighted by atomic mass is 9.98. The number of fused-ring (bicyclic) bond motifs is 1. The molecule has 2 atom stereocenters. The number of halogens is 1. The van der Waals surface area contributed by atoms with E-state index in [1.54, 1.807) is 0 Å². The Labute approximate surface area is 168 Å². The Morgan fingerprint density at radius 2 is 1.81 bits per heavy atom. The van der Waals surface area contributed by atoms with Gasteiger partial charge in [0.1, 0.15) is 4.60 Å². The van der Waals surface area contributed by atoms with Crippen LogP contribution >= 0.6 is 15.9 Å². The normalized spacial score (nSPS) is 16.9. The summed E-state index contributed by atoms with van der Waals surface area (Å²) in [7, 11) is 0. The minimum Gasteiger partial charge on any atom is -0.321 e. The first-order valence-electron chi connectivity index (χ1n) is 9.30. The predicted molar refractivity (Wildman–Crippen MR) is 114 cm³/mol. The summed E-state index contributed by atoms with van der Waals surface area (Å²) < 4.78 is 0.830. The van der Waals surface area contributed by atoms with Crippen LogP contribution in [0.1, 0.15) is 43.5 Å². The van der Waals surface area contributed by atoms with E-state index in [1.165, 1.54) is 5.56 Å². The van der Waals surface area contributed by atoms with Crippen LogP contribution in [0.3, 0.4) is 0 Å². The van der Waals surface area contributed by atoms with Gasteiger partial charge in [0.15, 0.2) is 6.17 Å². The zero-order chi connectivity index (χ0) is 18.8. The maximum absolute atomic E-state index is 5.02. The number of aromatic nitrogens is 1. The first kappa shape index (κ1) is 17.9. The molecule has 136 valence electrons. The quantitative estimate of drug-likeness (QED) is 0.560. The van der Waals surface area contributed by atoms with Crippen molar-refractivity contribution in [1.82, 2.24) is 4.98 Å². The van der Waals surface area contributed by atoms with E-state index in [-0.39, 0.29) is 6.17 Å². The van der Waals surface area contributed by atoms with Gasteiger partial charge >= 0.3 is 0 Å². The molecule has 0 bridgehead atoms. The minimum absolute atomic E-state index is 0.130. The van der Waals surface area contributed by atoms with Crippen molar-refractivity contribution >= 4 is 27.8 Å². The molecule has 2 unspecified atom stereocenters. The maximum Gasteiger partial charge on any atom is 0.153 e. The Kier molecular flexibility index (Phi) is 5.08. The standard InChI is InChI=1S/C23H22BrN3/c1-3-16(2)17-8-11-20(12-9-17)27-15-19-6-4-5-7-21(19)26-23(27)18-10-13-22(24)25-14-18/h4-16,23H,3H2,1-2H3. The van der Waals surface area contributed by atoms with Gasteiger partial charge in [0, 0.05) is 28.9 Å². The van der Waals surface area contributed by atoms with Crippen LogP contribution in [0.15, 0.2) is 76.5 Å². The predicted octanol–water partition coefficient (Wildman–Crippen LogP) is 4.93. The molecule has 0 saturated heterocycles. The third kappa shape index (κ3) is 3.67. The Morgan fingerprint density at radius 1 is 1.04 bits per heavy atom. The van der Waals surface area contributed by atoms with E-state index < -0.39 is 0 Å². The van der Waals surface area contributed by atoms with Crippen LogP contribution in [0.2, 0.25) is 0 Å². The first-order chi connectivity index (χ1) is 13.2. The molecule has 0 spiro atoms. The van der Waals surface area contributed by atoms with Gasteiger partial charge in [-0.25, -0.2) is 4.98 Å². The Bertz CT molecular complexity index is 1040. The lowest BCUT2D eigenvalue weighted by molar-refractivity contribution is 0.708. The fourth-order valence-corrected chi connectivity index (χ4v) is 3.56. The van der Waals surface area contributed by atoms with Crippen LogP contribution in [-0.4, -0.2) is 4.98 Å². The molecule has 1 aromatic heterocycles. The number of hydrogen-bond acceptors (Lipinski definition) is 3. The van der Waals surface area contributed by atoms with Gasteiger partial charge in [-0.3, -0.25) is 4.99 Å². The lowest BCUT2D eigenvalue weighted by Crippen LogP contribution is -2.37. The van der Waals surface area contributed by atoms with Crippen molar-refractivity contribution in [3.8, 4) is 0 Å². The molecule has 27 heavy (non-hydrogen) atoms. The van der Waals surface area contributed by atoms with Crippen LogP contribution in [0.5, 0.6) is 0 Å². The highest BCUT2D eigenvalue weighted by molar-refractivity contribution is 9.10. The second kappa shape index (κ2) is 7.65. The van der Waals surface area contributed by atoms with Crippen molar-refractivity contribution in [2.45, 2.75) is 32.4 Å². The number of para-hydroxylation sites is 1. The van der Waals surface area contributed by atoms with Gasteiger partial charge in [-0.15, -0.1) is 0 Å². The third-order valence-corrected chi connectivity index (χ3v) is 5.63. The van der Waals surface area contributed by atoms with E-state index in [0.717, 1.165) is 32.9 Å². The fourth-order valence-electron chi connectivity index (χ4n) is 3.33. The third-order valence-electron chi connectivity index (χ3n) is 5.16. The molecule has 4 heteroatoms. The van der Waals surface area contributed by atoms with E-state index in [0.29, 0.717) is 5.92 Å². The van der Waals surface area contributed by atoms with Crippen LogP contribution in [0.25, 0.3) is 6.20 Å². The summed E-state index contributed by atoms with van der Waals surface area (Å²) in [5.41, 5.74) is 3.57. The zero-order valence-electron chi connectivity index (χ0n) is 15.5. The van der Waals surface area contributed by atoms with E-state index in [9.17, 15) is 0 Å². The Balaban J connectivity index is 1.80. The average Bonchev–Trinajstić information content (AvgIpc) is 2.73. The number of benzene rings is 2. The molecule has 1 aliphatic heterocycles. The van der Waals surface area contributed by atoms with Gasteiger partial charge in [-0.1, -0.05) is 50.2 Å². The number of rotatable bonds is 4. The Morgan fingerprint density at radius 3 is 2.52 bits per heavy atom. The van der Waals surface area contributed by atoms with Crippen LogP contribution in [0.4, 0.5) is 5.69 Å². The summed E-state index contributed by atoms with van der Waals surface area (Å²) in [5.74, 6) is 0.571. The molecular formula is C23H22BrN3. The highest BCUT2D eigenvalue weighted by atomic mass is 79.9. The smallest absolute Gasteiger partial charge is 0.153 e. The van der Waals surface area contributed by atoms with Crippen molar-refractivity contribution in [2.75, 3.05) is 4.90 Å². The molecule has 0 aliphatic carbocycles. The van der Waals surface area contributed by atoms with Gasteiger partial charge in [0.2, 0.25) is 0 Å². The van der Waals surface area contributed by atoms with E-state index >= 15 is 0 Å². The molecule has 0 saturated carbocycles. The molecule has 3 aromatic rings. The minimum atomic E-state index is -0.130. The van der Waals surface area contributed by atoms with E-state index in [2.05, 4.69) is 94.4 Å². The second-order valence-electron chi connectivity index (χ2n) is 6.91. The summed E-state index contributed by atoms with van der Waals surface area (Å²) >= 11 is 3.42. The van der Waals surface area contributed by atoms with Crippen molar-refractivity contribution in [3.05, 3.63) is 93.2 Å². The monoisotopic (exact) mass is 419 g/mol. The van der Waals surface area contributed by atoms with Crippen molar-refractivity contribution in [3.63, 3.8) is 0 Å². The number of pyridine rings is 1. The molecule has 0 amide bonds. The number of hydrogen-bond donors (Lipinski definition) is 0. The van der Waals surface area contributed by atoms with Crippen molar-refractivity contribution in [2.24, 2.45) is 4.99 Å².